The SMILES string of the molecule is CN(C[C@@H]1COc2ccccc2O1)c1cncc(C(N)=O)n1. The molecule has 2 aromatic rings. The van der Waals surface area contributed by atoms with Crippen molar-refractivity contribution in [2.75, 3.05) is 25.1 Å². The smallest absolute Gasteiger partial charge is 0.268 e. The van der Waals surface area contributed by atoms with E-state index in [-0.39, 0.29) is 11.8 Å². The molecule has 1 aromatic carbocycles. The minimum Gasteiger partial charge on any atom is -0.486 e. The van der Waals surface area contributed by atoms with Crippen LogP contribution in [0.5, 0.6) is 11.5 Å². The summed E-state index contributed by atoms with van der Waals surface area (Å²) in [5.74, 6) is 1.42. The monoisotopic (exact) mass is 300 g/mol. The second-order valence-corrected chi connectivity index (χ2v) is 5.00. The van der Waals surface area contributed by atoms with Crippen molar-refractivity contribution in [2.24, 2.45) is 5.73 Å². The Labute approximate surface area is 127 Å². The lowest BCUT2D eigenvalue weighted by atomic mass is 10.2. The molecule has 1 atom stereocenters. The number of primary amides is 1. The minimum absolute atomic E-state index is 0.135. The van der Waals surface area contributed by atoms with Gasteiger partial charge in [-0.15, -0.1) is 0 Å². The fourth-order valence-corrected chi connectivity index (χ4v) is 2.21. The van der Waals surface area contributed by atoms with Gasteiger partial charge in [0, 0.05) is 7.05 Å². The largest absolute Gasteiger partial charge is 0.486 e. The number of likely N-dealkylation sites (N-methyl/N-ethyl adjacent to an activating group) is 1. The number of hydrogen-bond donors (Lipinski definition) is 1. The van der Waals surface area contributed by atoms with E-state index in [0.29, 0.717) is 19.0 Å². The van der Waals surface area contributed by atoms with Crippen LogP contribution in [0.15, 0.2) is 36.7 Å². The molecule has 1 aliphatic heterocycles. The lowest BCUT2D eigenvalue weighted by Gasteiger charge is -2.29. The van der Waals surface area contributed by atoms with Crippen molar-refractivity contribution in [1.29, 1.82) is 0 Å². The van der Waals surface area contributed by atoms with E-state index in [1.807, 2.05) is 36.2 Å². The number of hydrogen-bond acceptors (Lipinski definition) is 6. The van der Waals surface area contributed by atoms with Crippen LogP contribution in [-0.4, -0.2) is 42.2 Å². The third-order valence-corrected chi connectivity index (χ3v) is 3.31. The van der Waals surface area contributed by atoms with Gasteiger partial charge in [0.25, 0.3) is 5.91 Å². The quantitative estimate of drug-likeness (QED) is 0.900. The predicted octanol–water partition coefficient (Wildman–Crippen LogP) is 0.852. The lowest BCUT2D eigenvalue weighted by molar-refractivity contribution is 0.0959. The molecule has 1 amide bonds. The van der Waals surface area contributed by atoms with Crippen LogP contribution in [0, 0.1) is 0 Å². The van der Waals surface area contributed by atoms with Crippen LogP contribution in [0.2, 0.25) is 0 Å². The van der Waals surface area contributed by atoms with Gasteiger partial charge in [0.2, 0.25) is 0 Å². The first-order chi connectivity index (χ1) is 10.6. The fourth-order valence-electron chi connectivity index (χ4n) is 2.21. The Morgan fingerprint density at radius 2 is 2.14 bits per heavy atom. The standard InChI is InChI=1S/C15H16N4O3/c1-19(14-7-17-6-11(18-14)15(16)20)8-10-9-21-12-4-2-3-5-13(12)22-10/h2-7,10H,8-9H2,1H3,(H2,16,20)/t10-/m1/s1. The summed E-state index contributed by atoms with van der Waals surface area (Å²) in [5, 5.41) is 0. The van der Waals surface area contributed by atoms with E-state index in [4.69, 9.17) is 15.2 Å². The molecule has 3 rings (SSSR count). The number of nitrogens with zero attached hydrogens (tertiary/aromatic N) is 3. The Hall–Kier alpha value is -2.83. The molecule has 0 fully saturated rings. The molecule has 0 aliphatic carbocycles. The molecule has 0 bridgehead atoms. The summed E-state index contributed by atoms with van der Waals surface area (Å²) < 4.78 is 11.6. The van der Waals surface area contributed by atoms with Crippen molar-refractivity contribution in [3.8, 4) is 11.5 Å². The molecule has 0 spiro atoms. The zero-order chi connectivity index (χ0) is 15.5. The average Bonchev–Trinajstić information content (AvgIpc) is 2.55. The fraction of sp³-hybridized carbons (Fsp3) is 0.267. The summed E-state index contributed by atoms with van der Waals surface area (Å²) in [5.41, 5.74) is 5.35. The highest BCUT2D eigenvalue weighted by molar-refractivity contribution is 5.90. The van der Waals surface area contributed by atoms with Gasteiger partial charge in [0.1, 0.15) is 18.1 Å². The Balaban J connectivity index is 1.69. The van der Waals surface area contributed by atoms with E-state index in [9.17, 15) is 4.79 Å². The van der Waals surface area contributed by atoms with Crippen LogP contribution in [-0.2, 0) is 0 Å². The van der Waals surface area contributed by atoms with Gasteiger partial charge in [-0.25, -0.2) is 4.98 Å². The topological polar surface area (TPSA) is 90.6 Å². The molecular formula is C15H16N4O3. The number of fused-ring (bicyclic) bond motifs is 1. The molecule has 114 valence electrons. The second-order valence-electron chi connectivity index (χ2n) is 5.00. The van der Waals surface area contributed by atoms with E-state index < -0.39 is 5.91 Å². The molecule has 2 heterocycles. The van der Waals surface area contributed by atoms with Crippen LogP contribution in [0.3, 0.4) is 0 Å². The molecule has 2 N–H and O–H groups in total. The Morgan fingerprint density at radius 3 is 2.91 bits per heavy atom. The maximum absolute atomic E-state index is 11.2. The molecule has 0 unspecified atom stereocenters. The maximum atomic E-state index is 11.2. The Morgan fingerprint density at radius 1 is 1.36 bits per heavy atom. The van der Waals surface area contributed by atoms with E-state index >= 15 is 0 Å². The lowest BCUT2D eigenvalue weighted by Crippen LogP contribution is -2.39. The first kappa shape index (κ1) is 14.1. The van der Waals surface area contributed by atoms with Gasteiger partial charge in [-0.05, 0) is 12.1 Å². The summed E-state index contributed by atoms with van der Waals surface area (Å²) in [6.07, 6.45) is 2.78. The molecule has 0 saturated heterocycles. The molecular weight excluding hydrogens is 284 g/mol. The van der Waals surface area contributed by atoms with Crippen LogP contribution in [0.1, 0.15) is 10.5 Å². The highest BCUT2D eigenvalue weighted by atomic mass is 16.6. The number of para-hydroxylation sites is 2. The molecule has 7 heteroatoms. The van der Waals surface area contributed by atoms with Crippen molar-refractivity contribution in [3.05, 3.63) is 42.4 Å². The van der Waals surface area contributed by atoms with Gasteiger partial charge in [0.15, 0.2) is 17.6 Å². The zero-order valence-electron chi connectivity index (χ0n) is 12.1. The second kappa shape index (κ2) is 5.88. The third kappa shape index (κ3) is 2.93. The van der Waals surface area contributed by atoms with Crippen LogP contribution >= 0.6 is 0 Å². The summed E-state index contributed by atoms with van der Waals surface area (Å²) in [7, 11) is 1.85. The van der Waals surface area contributed by atoms with Gasteiger partial charge in [-0.3, -0.25) is 9.78 Å². The number of carbonyl (C=O) groups is 1. The first-order valence-corrected chi connectivity index (χ1v) is 6.85. The first-order valence-electron chi connectivity index (χ1n) is 6.85. The van der Waals surface area contributed by atoms with E-state index in [0.717, 1.165) is 11.5 Å². The van der Waals surface area contributed by atoms with Crippen molar-refractivity contribution in [3.63, 3.8) is 0 Å². The number of amides is 1. The van der Waals surface area contributed by atoms with Crippen LogP contribution in [0.4, 0.5) is 5.82 Å². The number of rotatable bonds is 4. The van der Waals surface area contributed by atoms with Gasteiger partial charge in [0.05, 0.1) is 18.9 Å². The van der Waals surface area contributed by atoms with E-state index in [1.54, 1.807) is 6.20 Å². The normalized spacial score (nSPS) is 16.1. The van der Waals surface area contributed by atoms with Crippen molar-refractivity contribution in [1.82, 2.24) is 9.97 Å². The number of nitrogens with two attached hydrogens (primary N) is 1. The molecule has 1 aliphatic rings. The number of benzene rings is 1. The number of anilines is 1. The highest BCUT2D eigenvalue weighted by Crippen LogP contribution is 2.31. The number of carbonyl (C=O) groups excluding carboxylic acids is 1. The summed E-state index contributed by atoms with van der Waals surface area (Å²) in [6.45, 7) is 0.996. The van der Waals surface area contributed by atoms with Crippen molar-refractivity contribution < 1.29 is 14.3 Å². The highest BCUT2D eigenvalue weighted by Gasteiger charge is 2.22. The summed E-state index contributed by atoms with van der Waals surface area (Å²) >= 11 is 0. The average molecular weight is 300 g/mol. The van der Waals surface area contributed by atoms with Crippen LogP contribution in [0.25, 0.3) is 0 Å². The number of aromatic nitrogens is 2. The van der Waals surface area contributed by atoms with Gasteiger partial charge in [-0.2, -0.15) is 0 Å². The number of ether oxygens (including phenoxy) is 2. The van der Waals surface area contributed by atoms with E-state index in [1.165, 1.54) is 6.20 Å². The van der Waals surface area contributed by atoms with Gasteiger partial charge >= 0.3 is 0 Å². The molecule has 22 heavy (non-hydrogen) atoms. The molecule has 7 nitrogen and oxygen atoms in total. The zero-order valence-corrected chi connectivity index (χ0v) is 12.1. The Bertz CT molecular complexity index is 692. The van der Waals surface area contributed by atoms with Crippen molar-refractivity contribution >= 4 is 11.7 Å². The third-order valence-electron chi connectivity index (χ3n) is 3.31. The van der Waals surface area contributed by atoms with E-state index in [2.05, 4.69) is 9.97 Å². The molecule has 1 aromatic heterocycles. The summed E-state index contributed by atoms with van der Waals surface area (Å²) in [6, 6.07) is 7.54. The predicted molar refractivity (Wildman–Crippen MR) is 80.2 cm³/mol. The molecule has 0 radical (unpaired) electrons. The van der Waals surface area contributed by atoms with Crippen molar-refractivity contribution in [2.45, 2.75) is 6.10 Å². The maximum Gasteiger partial charge on any atom is 0.268 e. The van der Waals surface area contributed by atoms with Gasteiger partial charge in [-0.1, -0.05) is 12.1 Å². The van der Waals surface area contributed by atoms with Gasteiger partial charge < -0.3 is 20.1 Å². The molecule has 0 saturated carbocycles. The van der Waals surface area contributed by atoms with Crippen LogP contribution < -0.4 is 20.1 Å². The minimum atomic E-state index is -0.603. The Kier molecular flexibility index (Phi) is 3.78. The summed E-state index contributed by atoms with van der Waals surface area (Å²) in [4.78, 5) is 21.2.